The minimum atomic E-state index is -0.0234. The number of methoxy groups -OCH3 is 1. The van der Waals surface area contributed by atoms with Gasteiger partial charge in [-0.2, -0.15) is 0 Å². The van der Waals surface area contributed by atoms with Crippen LogP contribution in [0.5, 0.6) is 11.5 Å². The van der Waals surface area contributed by atoms with Crippen LogP contribution in [0.15, 0.2) is 52.9 Å². The highest BCUT2D eigenvalue weighted by Gasteiger charge is 2.14. The van der Waals surface area contributed by atoms with E-state index in [1.165, 1.54) is 6.92 Å². The number of hydrogen-bond acceptors (Lipinski definition) is 5. The van der Waals surface area contributed by atoms with E-state index >= 15 is 0 Å². The molecule has 1 heterocycles. The van der Waals surface area contributed by atoms with Crippen LogP contribution in [0.1, 0.15) is 28.7 Å². The quantitative estimate of drug-likeness (QED) is 0.622. The van der Waals surface area contributed by atoms with Gasteiger partial charge >= 0.3 is 0 Å². The van der Waals surface area contributed by atoms with E-state index in [4.69, 9.17) is 13.9 Å². The van der Waals surface area contributed by atoms with E-state index in [-0.39, 0.29) is 12.4 Å². The number of ether oxygens (including phenoxy) is 2. The molecule has 3 rings (SSSR count). The molecule has 5 heteroatoms. The first-order valence-corrected chi connectivity index (χ1v) is 7.92. The molecule has 0 amide bonds. The van der Waals surface area contributed by atoms with Gasteiger partial charge in [-0.05, 0) is 44.2 Å². The third-order valence-corrected chi connectivity index (χ3v) is 3.85. The van der Waals surface area contributed by atoms with Gasteiger partial charge in [0.05, 0.1) is 7.11 Å². The Hall–Kier alpha value is -3.08. The normalized spacial score (nSPS) is 10.5. The number of Topliss-reactive ketones (excluding diaryl/α,β-unsaturated/α-hetero) is 1. The Bertz CT molecular complexity index is 884. The maximum atomic E-state index is 11.5. The van der Waals surface area contributed by atoms with Gasteiger partial charge in [-0.15, -0.1) is 0 Å². The molecule has 128 valence electrons. The number of oxazole rings is 1. The second-order valence-corrected chi connectivity index (χ2v) is 5.60. The molecule has 3 aromatic rings. The highest BCUT2D eigenvalue weighted by molar-refractivity contribution is 5.94. The topological polar surface area (TPSA) is 61.6 Å². The molecule has 0 N–H and O–H groups in total. The number of hydrogen-bond donors (Lipinski definition) is 0. The van der Waals surface area contributed by atoms with Crippen molar-refractivity contribution in [1.82, 2.24) is 4.98 Å². The number of aryl methyl sites for hydroxylation is 1. The molecule has 0 saturated carbocycles. The Morgan fingerprint density at radius 2 is 1.88 bits per heavy atom. The number of rotatable bonds is 6. The molecule has 0 aliphatic rings. The predicted octanol–water partition coefficient (Wildman–Crippen LogP) is 4.44. The van der Waals surface area contributed by atoms with Gasteiger partial charge in [-0.25, -0.2) is 4.98 Å². The average Bonchev–Trinajstić information content (AvgIpc) is 3.01. The summed E-state index contributed by atoms with van der Waals surface area (Å²) in [4.78, 5) is 16.0. The molecule has 0 spiro atoms. The van der Waals surface area contributed by atoms with E-state index in [9.17, 15) is 4.79 Å². The SMILES string of the molecule is COc1cc(C(C)=O)ccc1OCc1nc(-c2ccccc2)oc1C. The van der Waals surface area contributed by atoms with Crippen LogP contribution < -0.4 is 9.47 Å². The Morgan fingerprint density at radius 1 is 1.12 bits per heavy atom. The lowest BCUT2D eigenvalue weighted by Gasteiger charge is -2.10. The van der Waals surface area contributed by atoms with Gasteiger partial charge in [-0.1, -0.05) is 18.2 Å². The maximum absolute atomic E-state index is 11.5. The molecule has 0 radical (unpaired) electrons. The van der Waals surface area contributed by atoms with Gasteiger partial charge in [0.2, 0.25) is 5.89 Å². The third-order valence-electron chi connectivity index (χ3n) is 3.85. The molecule has 2 aromatic carbocycles. The lowest BCUT2D eigenvalue weighted by molar-refractivity contribution is 0.101. The zero-order valence-electron chi connectivity index (χ0n) is 14.4. The van der Waals surface area contributed by atoms with Crippen molar-refractivity contribution in [2.45, 2.75) is 20.5 Å². The first kappa shape index (κ1) is 16.8. The summed E-state index contributed by atoms with van der Waals surface area (Å²) in [5, 5.41) is 0. The third kappa shape index (κ3) is 3.71. The van der Waals surface area contributed by atoms with Crippen LogP contribution in [0.4, 0.5) is 0 Å². The molecule has 0 saturated heterocycles. The Morgan fingerprint density at radius 3 is 2.56 bits per heavy atom. The van der Waals surface area contributed by atoms with E-state index in [2.05, 4.69) is 4.98 Å². The van der Waals surface area contributed by atoms with E-state index in [1.54, 1.807) is 25.3 Å². The number of carbonyl (C=O) groups is 1. The highest BCUT2D eigenvalue weighted by Crippen LogP contribution is 2.30. The number of carbonyl (C=O) groups excluding carboxylic acids is 1. The molecule has 5 nitrogen and oxygen atoms in total. The molecular formula is C20H19NO4. The first-order valence-electron chi connectivity index (χ1n) is 7.92. The molecule has 25 heavy (non-hydrogen) atoms. The summed E-state index contributed by atoms with van der Waals surface area (Å²) in [7, 11) is 1.54. The van der Waals surface area contributed by atoms with Crippen molar-refractivity contribution >= 4 is 5.78 Å². The van der Waals surface area contributed by atoms with Crippen LogP contribution in [0.3, 0.4) is 0 Å². The minimum Gasteiger partial charge on any atom is -0.493 e. The van der Waals surface area contributed by atoms with E-state index in [0.717, 1.165) is 11.3 Å². The zero-order valence-corrected chi connectivity index (χ0v) is 14.4. The summed E-state index contributed by atoms with van der Waals surface area (Å²) < 4.78 is 16.9. The van der Waals surface area contributed by atoms with Gasteiger partial charge in [-0.3, -0.25) is 4.79 Å². The summed E-state index contributed by atoms with van der Waals surface area (Å²) in [6, 6.07) is 14.8. The minimum absolute atomic E-state index is 0.0234. The number of ketones is 1. The summed E-state index contributed by atoms with van der Waals surface area (Å²) >= 11 is 0. The largest absolute Gasteiger partial charge is 0.493 e. The fourth-order valence-electron chi connectivity index (χ4n) is 2.42. The Labute approximate surface area is 146 Å². The lowest BCUT2D eigenvalue weighted by atomic mass is 10.1. The number of aromatic nitrogens is 1. The molecule has 0 atom stereocenters. The monoisotopic (exact) mass is 337 g/mol. The summed E-state index contributed by atoms with van der Waals surface area (Å²) in [5.74, 6) is 2.31. The van der Waals surface area contributed by atoms with E-state index in [0.29, 0.717) is 28.7 Å². The van der Waals surface area contributed by atoms with Crippen LogP contribution in [0.25, 0.3) is 11.5 Å². The Balaban J connectivity index is 1.78. The summed E-state index contributed by atoms with van der Waals surface area (Å²) in [6.07, 6.45) is 0. The molecule has 0 bridgehead atoms. The zero-order chi connectivity index (χ0) is 17.8. The van der Waals surface area contributed by atoms with Gasteiger partial charge in [0.1, 0.15) is 18.1 Å². The van der Waals surface area contributed by atoms with Crippen molar-refractivity contribution in [2.24, 2.45) is 0 Å². The maximum Gasteiger partial charge on any atom is 0.226 e. The average molecular weight is 337 g/mol. The van der Waals surface area contributed by atoms with Crippen molar-refractivity contribution in [3.8, 4) is 23.0 Å². The lowest BCUT2D eigenvalue weighted by Crippen LogP contribution is -2.01. The smallest absolute Gasteiger partial charge is 0.226 e. The van der Waals surface area contributed by atoms with Crippen molar-refractivity contribution in [1.29, 1.82) is 0 Å². The number of benzene rings is 2. The molecule has 0 aliphatic heterocycles. The van der Waals surface area contributed by atoms with Gasteiger partial charge in [0.25, 0.3) is 0 Å². The van der Waals surface area contributed by atoms with Crippen molar-refractivity contribution in [3.63, 3.8) is 0 Å². The van der Waals surface area contributed by atoms with E-state index < -0.39 is 0 Å². The standard InChI is InChI=1S/C20H19NO4/c1-13(22)16-9-10-18(19(11-16)23-3)24-12-17-14(2)25-20(21-17)15-7-5-4-6-8-15/h4-11H,12H2,1-3H3. The predicted molar refractivity (Wildman–Crippen MR) is 94.0 cm³/mol. The van der Waals surface area contributed by atoms with Crippen LogP contribution in [-0.4, -0.2) is 17.9 Å². The van der Waals surface area contributed by atoms with Crippen LogP contribution in [0.2, 0.25) is 0 Å². The van der Waals surface area contributed by atoms with Crippen molar-refractivity contribution in [3.05, 3.63) is 65.5 Å². The molecule has 0 aliphatic carbocycles. The molecule has 0 unspecified atom stereocenters. The second kappa shape index (κ2) is 7.21. The highest BCUT2D eigenvalue weighted by atomic mass is 16.5. The first-order chi connectivity index (χ1) is 12.1. The fourth-order valence-corrected chi connectivity index (χ4v) is 2.42. The van der Waals surface area contributed by atoms with Crippen LogP contribution in [0, 0.1) is 6.92 Å². The Kier molecular flexibility index (Phi) is 4.84. The summed E-state index contributed by atoms with van der Waals surface area (Å²) in [5.41, 5.74) is 2.21. The fraction of sp³-hybridized carbons (Fsp3) is 0.200. The van der Waals surface area contributed by atoms with Gasteiger partial charge in [0.15, 0.2) is 17.3 Å². The molecular weight excluding hydrogens is 318 g/mol. The summed E-state index contributed by atoms with van der Waals surface area (Å²) in [6.45, 7) is 3.62. The van der Waals surface area contributed by atoms with Crippen molar-refractivity contribution in [2.75, 3.05) is 7.11 Å². The molecule has 0 fully saturated rings. The van der Waals surface area contributed by atoms with E-state index in [1.807, 2.05) is 37.3 Å². The van der Waals surface area contributed by atoms with Crippen molar-refractivity contribution < 1.29 is 18.7 Å². The molecule has 1 aromatic heterocycles. The number of nitrogens with zero attached hydrogens (tertiary/aromatic N) is 1. The van der Waals surface area contributed by atoms with Crippen LogP contribution >= 0.6 is 0 Å². The second-order valence-electron chi connectivity index (χ2n) is 5.60. The van der Waals surface area contributed by atoms with Gasteiger partial charge < -0.3 is 13.9 Å². The van der Waals surface area contributed by atoms with Gasteiger partial charge in [0, 0.05) is 11.1 Å². The van der Waals surface area contributed by atoms with Crippen LogP contribution in [-0.2, 0) is 6.61 Å².